The first-order chi connectivity index (χ1) is 20.2. The standard InChI is InChI=1S/C31H38N6O5/c1-20(2)42-31(40)37-12-10-36(11-13-37)17-26-23-8-7-22(38)15-24(23)25(14-21-6-5-9-33-29(21)26)30(34-28(39)18-41-4)27-16-32-19-35(27)3/h5-9,14-16,19-20,26,30,38H,10-13,17-18H2,1-4H3,(H,34,39)/t26-,30+/m0/s1. The number of carbonyl (C=O) groups is 2. The second-order valence-electron chi connectivity index (χ2n) is 11.0. The topological polar surface area (TPSA) is 122 Å². The Kier molecular flexibility index (Phi) is 8.89. The predicted molar refractivity (Wildman–Crippen MR) is 158 cm³/mol. The lowest BCUT2D eigenvalue weighted by molar-refractivity contribution is -0.125. The molecule has 3 aromatic rings. The Bertz CT molecular complexity index is 1460. The SMILES string of the molecule is COCC(=O)N[C@H](C1=Cc2cccnc2[C@@H](CN2CCN(C(=O)OC(C)C)CC2)c2ccc(O)cc21)c1cncn1C. The Hall–Kier alpha value is -4.22. The van der Waals surface area contributed by atoms with Crippen molar-refractivity contribution in [2.75, 3.05) is 46.4 Å². The number of hydrogen-bond donors (Lipinski definition) is 2. The molecule has 2 N–H and O–H groups in total. The number of rotatable bonds is 8. The third-order valence-electron chi connectivity index (χ3n) is 7.68. The minimum Gasteiger partial charge on any atom is -0.508 e. The first kappa shape index (κ1) is 29.3. The lowest BCUT2D eigenvalue weighted by atomic mass is 9.86. The molecule has 0 spiro atoms. The van der Waals surface area contributed by atoms with Crippen LogP contribution in [0, 0.1) is 0 Å². The van der Waals surface area contributed by atoms with Crippen LogP contribution in [0.2, 0.25) is 0 Å². The summed E-state index contributed by atoms with van der Waals surface area (Å²) in [6.07, 6.45) is 6.83. The van der Waals surface area contributed by atoms with Gasteiger partial charge in [-0.25, -0.2) is 9.78 Å². The van der Waals surface area contributed by atoms with E-state index < -0.39 is 6.04 Å². The highest BCUT2D eigenvalue weighted by Crippen LogP contribution is 2.43. The Balaban J connectivity index is 1.53. The fourth-order valence-electron chi connectivity index (χ4n) is 5.70. The zero-order chi connectivity index (χ0) is 29.8. The molecule has 1 fully saturated rings. The van der Waals surface area contributed by atoms with Crippen molar-refractivity contribution in [2.45, 2.75) is 31.9 Å². The van der Waals surface area contributed by atoms with Gasteiger partial charge in [-0.15, -0.1) is 0 Å². The highest BCUT2D eigenvalue weighted by molar-refractivity contribution is 5.91. The lowest BCUT2D eigenvalue weighted by Gasteiger charge is -2.36. The van der Waals surface area contributed by atoms with Gasteiger partial charge >= 0.3 is 6.09 Å². The fraction of sp³-hybridized carbons (Fsp3) is 0.419. The smallest absolute Gasteiger partial charge is 0.410 e. The molecule has 1 aliphatic carbocycles. The van der Waals surface area contributed by atoms with E-state index in [9.17, 15) is 14.7 Å². The van der Waals surface area contributed by atoms with E-state index in [0.29, 0.717) is 32.7 Å². The van der Waals surface area contributed by atoms with Crippen LogP contribution in [0.3, 0.4) is 0 Å². The van der Waals surface area contributed by atoms with Crippen LogP contribution in [0.25, 0.3) is 11.6 Å². The predicted octanol–water partition coefficient (Wildman–Crippen LogP) is 3.17. The van der Waals surface area contributed by atoms with Gasteiger partial charge in [0.2, 0.25) is 5.91 Å². The summed E-state index contributed by atoms with van der Waals surface area (Å²) in [6, 6.07) is 8.76. The minimum absolute atomic E-state index is 0.0913. The number of aromatic nitrogens is 3. The van der Waals surface area contributed by atoms with Crippen molar-refractivity contribution in [3.63, 3.8) is 0 Å². The van der Waals surface area contributed by atoms with E-state index in [0.717, 1.165) is 33.7 Å². The molecule has 11 nitrogen and oxygen atoms in total. The molecule has 11 heteroatoms. The van der Waals surface area contributed by atoms with Crippen LogP contribution in [0.4, 0.5) is 4.79 Å². The average molecular weight is 575 g/mol. The number of piperazine rings is 1. The van der Waals surface area contributed by atoms with Crippen LogP contribution < -0.4 is 5.32 Å². The zero-order valence-electron chi connectivity index (χ0n) is 24.5. The molecule has 1 aliphatic heterocycles. The molecule has 0 radical (unpaired) electrons. The molecule has 2 amide bonds. The fourth-order valence-corrected chi connectivity index (χ4v) is 5.70. The number of benzene rings is 1. The number of hydrogen-bond acceptors (Lipinski definition) is 8. The summed E-state index contributed by atoms with van der Waals surface area (Å²) in [7, 11) is 3.36. The van der Waals surface area contributed by atoms with Crippen LogP contribution >= 0.6 is 0 Å². The second kappa shape index (κ2) is 12.7. The summed E-state index contributed by atoms with van der Waals surface area (Å²) in [5, 5.41) is 13.8. The second-order valence-corrected chi connectivity index (χ2v) is 11.0. The largest absolute Gasteiger partial charge is 0.508 e. The first-order valence-electron chi connectivity index (χ1n) is 14.2. The molecule has 42 heavy (non-hydrogen) atoms. The third-order valence-corrected chi connectivity index (χ3v) is 7.68. The first-order valence-corrected chi connectivity index (χ1v) is 14.2. The monoisotopic (exact) mass is 574 g/mol. The maximum Gasteiger partial charge on any atom is 0.410 e. The zero-order valence-corrected chi connectivity index (χ0v) is 24.5. The Labute approximate surface area is 245 Å². The molecule has 1 aromatic carbocycles. The number of nitrogens with zero attached hydrogens (tertiary/aromatic N) is 5. The number of pyridine rings is 1. The molecule has 0 saturated carbocycles. The number of methoxy groups -OCH3 is 1. The summed E-state index contributed by atoms with van der Waals surface area (Å²) < 4.78 is 12.4. The molecule has 222 valence electrons. The number of amides is 2. The number of aryl methyl sites for hydroxylation is 1. The highest BCUT2D eigenvalue weighted by Gasteiger charge is 2.33. The van der Waals surface area contributed by atoms with E-state index >= 15 is 0 Å². The van der Waals surface area contributed by atoms with E-state index in [1.807, 2.05) is 49.7 Å². The van der Waals surface area contributed by atoms with Crippen molar-refractivity contribution in [3.05, 3.63) is 77.1 Å². The van der Waals surface area contributed by atoms with Crippen molar-refractivity contribution in [1.29, 1.82) is 0 Å². The summed E-state index contributed by atoms with van der Waals surface area (Å²) in [6.45, 7) is 6.83. The van der Waals surface area contributed by atoms with Crippen molar-refractivity contribution in [2.24, 2.45) is 7.05 Å². The summed E-state index contributed by atoms with van der Waals surface area (Å²) in [5.74, 6) is -0.268. The summed E-state index contributed by atoms with van der Waals surface area (Å²) in [4.78, 5) is 38.6. The minimum atomic E-state index is -0.567. The number of nitrogens with one attached hydrogen (secondary N) is 1. The van der Waals surface area contributed by atoms with Crippen LogP contribution in [0.15, 0.2) is 49.1 Å². The van der Waals surface area contributed by atoms with Crippen molar-refractivity contribution in [3.8, 4) is 5.75 Å². The molecule has 0 bridgehead atoms. The van der Waals surface area contributed by atoms with Crippen LogP contribution in [-0.4, -0.2) is 94.0 Å². The van der Waals surface area contributed by atoms with Gasteiger partial charge in [-0.2, -0.15) is 0 Å². The third kappa shape index (κ3) is 6.32. The van der Waals surface area contributed by atoms with Crippen LogP contribution in [0.1, 0.15) is 53.9 Å². The van der Waals surface area contributed by atoms with Gasteiger partial charge in [0.15, 0.2) is 0 Å². The van der Waals surface area contributed by atoms with Crippen molar-refractivity contribution in [1.82, 2.24) is 29.7 Å². The molecule has 1 saturated heterocycles. The lowest BCUT2D eigenvalue weighted by Crippen LogP contribution is -2.50. The number of phenols is 1. The van der Waals surface area contributed by atoms with E-state index in [1.54, 1.807) is 35.8 Å². The van der Waals surface area contributed by atoms with Crippen molar-refractivity contribution >= 4 is 23.6 Å². The van der Waals surface area contributed by atoms with Gasteiger partial charge in [0.05, 0.1) is 36.1 Å². The maximum absolute atomic E-state index is 12.9. The van der Waals surface area contributed by atoms with Gasteiger partial charge in [-0.3, -0.25) is 14.7 Å². The Morgan fingerprint density at radius 1 is 1.17 bits per heavy atom. The number of fused-ring (bicyclic) bond motifs is 2. The van der Waals surface area contributed by atoms with Gasteiger partial charge in [-0.1, -0.05) is 12.1 Å². The van der Waals surface area contributed by atoms with Gasteiger partial charge in [0.1, 0.15) is 12.4 Å². The Morgan fingerprint density at radius 2 is 1.95 bits per heavy atom. The number of carbonyl (C=O) groups excluding carboxylic acids is 2. The average Bonchev–Trinajstić information content (AvgIpc) is 3.34. The quantitative estimate of drug-likeness (QED) is 0.421. The number of aromatic hydroxyl groups is 1. The van der Waals surface area contributed by atoms with E-state index in [1.165, 1.54) is 7.11 Å². The van der Waals surface area contributed by atoms with E-state index in [-0.39, 0.29) is 36.4 Å². The van der Waals surface area contributed by atoms with Gasteiger partial charge in [0.25, 0.3) is 0 Å². The van der Waals surface area contributed by atoms with Crippen LogP contribution in [-0.2, 0) is 21.3 Å². The van der Waals surface area contributed by atoms with E-state index in [2.05, 4.69) is 15.2 Å². The molecule has 2 atom stereocenters. The molecular weight excluding hydrogens is 536 g/mol. The van der Waals surface area contributed by atoms with Gasteiger partial charge in [-0.05, 0) is 60.4 Å². The summed E-state index contributed by atoms with van der Waals surface area (Å²) >= 11 is 0. The number of phenolic OH excluding ortho intramolecular Hbond substituents is 1. The molecule has 2 aromatic heterocycles. The Morgan fingerprint density at radius 3 is 2.64 bits per heavy atom. The van der Waals surface area contributed by atoms with Crippen molar-refractivity contribution < 1.29 is 24.2 Å². The van der Waals surface area contributed by atoms with Gasteiger partial charge in [0, 0.05) is 59.0 Å². The van der Waals surface area contributed by atoms with Gasteiger partial charge < -0.3 is 29.4 Å². The maximum atomic E-state index is 12.9. The number of ether oxygens (including phenoxy) is 2. The molecule has 3 heterocycles. The highest BCUT2D eigenvalue weighted by atomic mass is 16.6. The van der Waals surface area contributed by atoms with Crippen LogP contribution in [0.5, 0.6) is 5.75 Å². The molecular formula is C31H38N6O5. The van der Waals surface area contributed by atoms with E-state index in [4.69, 9.17) is 14.5 Å². The molecule has 5 rings (SSSR count). The normalized spacial score (nSPS) is 17.6. The number of imidazole rings is 1. The molecule has 0 unspecified atom stereocenters. The molecule has 2 aliphatic rings. The summed E-state index contributed by atoms with van der Waals surface area (Å²) in [5.41, 5.74) is 5.25.